The number of hydrogen-bond acceptors (Lipinski definition) is 3. The van der Waals surface area contributed by atoms with Crippen LogP contribution >= 0.6 is 0 Å². The lowest BCUT2D eigenvalue weighted by molar-refractivity contribution is 0.0572. The van der Waals surface area contributed by atoms with E-state index >= 15 is 0 Å². The van der Waals surface area contributed by atoms with Crippen LogP contribution in [0.2, 0.25) is 0 Å². The number of nitrogens with zero attached hydrogens (tertiary/aromatic N) is 3. The summed E-state index contributed by atoms with van der Waals surface area (Å²) in [6, 6.07) is 1.89. The molecule has 0 spiro atoms. The van der Waals surface area contributed by atoms with E-state index in [9.17, 15) is 4.79 Å². The zero-order chi connectivity index (χ0) is 14.6. The number of aromatic nitrogens is 2. The molecule has 0 N–H and O–H groups in total. The minimum Gasteiger partial charge on any atom is -0.291 e. The second-order valence-electron chi connectivity index (χ2n) is 5.68. The molecule has 0 atom stereocenters. The fourth-order valence-electron chi connectivity index (χ4n) is 3.63. The monoisotopic (exact) mass is 277 g/mol. The first-order chi connectivity index (χ1) is 9.69. The minimum atomic E-state index is -0.283. The van der Waals surface area contributed by atoms with Gasteiger partial charge in [-0.2, -0.15) is 5.10 Å². The molecule has 0 aliphatic heterocycles. The molecular formula is C16H27N3O. The minimum absolute atomic E-state index is 0.282. The van der Waals surface area contributed by atoms with E-state index in [0.29, 0.717) is 0 Å². The molecule has 0 unspecified atom stereocenters. The quantitative estimate of drug-likeness (QED) is 0.719. The van der Waals surface area contributed by atoms with Crippen LogP contribution in [0, 0.1) is 0 Å². The van der Waals surface area contributed by atoms with Crippen LogP contribution in [-0.4, -0.2) is 39.1 Å². The van der Waals surface area contributed by atoms with E-state index in [-0.39, 0.29) is 11.3 Å². The smallest absolute Gasteiger partial charge is 0.201 e. The molecule has 2 rings (SSSR count). The molecule has 1 aromatic rings. The number of ketones is 1. The summed E-state index contributed by atoms with van der Waals surface area (Å²) in [7, 11) is 0. The number of Topliss-reactive ketones (excluding diaryl/α,β-unsaturated/α-hetero) is 1. The molecule has 0 radical (unpaired) electrons. The van der Waals surface area contributed by atoms with Crippen molar-refractivity contribution in [3.05, 3.63) is 18.0 Å². The first-order valence-corrected chi connectivity index (χ1v) is 8.01. The van der Waals surface area contributed by atoms with Crippen LogP contribution in [0.25, 0.3) is 0 Å². The zero-order valence-electron chi connectivity index (χ0n) is 13.1. The second-order valence-corrected chi connectivity index (χ2v) is 5.68. The van der Waals surface area contributed by atoms with E-state index in [2.05, 4.69) is 30.8 Å². The van der Waals surface area contributed by atoms with E-state index in [1.54, 1.807) is 6.20 Å². The number of likely N-dealkylation sites (N-methyl/N-ethyl adjacent to an activating group) is 1. The summed E-state index contributed by atoms with van der Waals surface area (Å²) < 4.78 is 1.88. The van der Waals surface area contributed by atoms with Gasteiger partial charge in [-0.3, -0.25) is 14.4 Å². The van der Waals surface area contributed by atoms with Gasteiger partial charge in [-0.25, -0.2) is 0 Å². The number of rotatable bonds is 7. The van der Waals surface area contributed by atoms with Crippen LogP contribution in [-0.2, 0) is 6.54 Å². The van der Waals surface area contributed by atoms with Gasteiger partial charge in [0.15, 0.2) is 0 Å². The Labute approximate surface area is 122 Å². The highest BCUT2D eigenvalue weighted by atomic mass is 16.1. The van der Waals surface area contributed by atoms with Crippen molar-refractivity contribution in [3.8, 4) is 0 Å². The molecule has 0 aromatic carbocycles. The summed E-state index contributed by atoms with van der Waals surface area (Å²) in [6.45, 7) is 9.11. The van der Waals surface area contributed by atoms with Gasteiger partial charge in [-0.05, 0) is 38.4 Å². The Morgan fingerprint density at radius 3 is 2.50 bits per heavy atom. The van der Waals surface area contributed by atoms with Crippen molar-refractivity contribution in [3.63, 3.8) is 0 Å². The maximum absolute atomic E-state index is 13.2. The van der Waals surface area contributed by atoms with Crippen molar-refractivity contribution in [2.45, 2.75) is 65.0 Å². The Morgan fingerprint density at radius 2 is 1.95 bits per heavy atom. The maximum Gasteiger partial charge on any atom is 0.201 e. The van der Waals surface area contributed by atoms with Crippen LogP contribution in [0.5, 0.6) is 0 Å². The number of carbonyl (C=O) groups excluding carboxylic acids is 1. The van der Waals surface area contributed by atoms with Crippen molar-refractivity contribution in [2.75, 3.05) is 13.1 Å². The highest BCUT2D eigenvalue weighted by Gasteiger charge is 2.46. The van der Waals surface area contributed by atoms with Gasteiger partial charge in [0.1, 0.15) is 5.69 Å². The fourth-order valence-corrected chi connectivity index (χ4v) is 3.63. The molecule has 4 heteroatoms. The van der Waals surface area contributed by atoms with Crippen molar-refractivity contribution >= 4 is 5.78 Å². The van der Waals surface area contributed by atoms with Gasteiger partial charge in [-0.15, -0.1) is 0 Å². The first-order valence-electron chi connectivity index (χ1n) is 8.01. The van der Waals surface area contributed by atoms with E-state index in [1.807, 2.05) is 10.7 Å². The van der Waals surface area contributed by atoms with Gasteiger partial charge in [0.25, 0.3) is 0 Å². The van der Waals surface area contributed by atoms with E-state index in [4.69, 9.17) is 0 Å². The fraction of sp³-hybridized carbons (Fsp3) is 0.750. The molecule has 1 aromatic heterocycles. The van der Waals surface area contributed by atoms with Crippen LogP contribution in [0.1, 0.15) is 63.4 Å². The van der Waals surface area contributed by atoms with Crippen LogP contribution < -0.4 is 0 Å². The van der Waals surface area contributed by atoms with Crippen molar-refractivity contribution in [2.24, 2.45) is 0 Å². The molecule has 1 heterocycles. The van der Waals surface area contributed by atoms with Gasteiger partial charge in [0.05, 0.1) is 5.54 Å². The summed E-state index contributed by atoms with van der Waals surface area (Å²) in [5.74, 6) is 0.282. The lowest BCUT2D eigenvalue weighted by atomic mass is 9.87. The highest BCUT2D eigenvalue weighted by molar-refractivity contribution is 6.02. The third-order valence-corrected chi connectivity index (χ3v) is 4.61. The van der Waals surface area contributed by atoms with E-state index in [0.717, 1.165) is 57.4 Å². The summed E-state index contributed by atoms with van der Waals surface area (Å²) in [4.78, 5) is 15.5. The second kappa shape index (κ2) is 6.53. The Morgan fingerprint density at radius 1 is 1.30 bits per heavy atom. The van der Waals surface area contributed by atoms with Crippen LogP contribution in [0.4, 0.5) is 0 Å². The number of aryl methyl sites for hydroxylation is 1. The van der Waals surface area contributed by atoms with Gasteiger partial charge in [0.2, 0.25) is 5.78 Å². The van der Waals surface area contributed by atoms with Gasteiger partial charge >= 0.3 is 0 Å². The number of carbonyl (C=O) groups is 1. The molecule has 1 saturated carbocycles. The average molecular weight is 277 g/mol. The van der Waals surface area contributed by atoms with Crippen molar-refractivity contribution in [1.82, 2.24) is 14.7 Å². The molecule has 112 valence electrons. The predicted octanol–water partition coefficient (Wildman–Crippen LogP) is 3.13. The lowest BCUT2D eigenvalue weighted by Gasteiger charge is -2.39. The van der Waals surface area contributed by atoms with E-state index < -0.39 is 0 Å². The van der Waals surface area contributed by atoms with Crippen LogP contribution in [0.3, 0.4) is 0 Å². The molecule has 4 nitrogen and oxygen atoms in total. The molecular weight excluding hydrogens is 250 g/mol. The Bertz CT molecular complexity index is 442. The molecule has 0 bridgehead atoms. The maximum atomic E-state index is 13.2. The van der Waals surface area contributed by atoms with Gasteiger partial charge in [-0.1, -0.05) is 33.6 Å². The third kappa shape index (κ3) is 2.53. The molecule has 1 fully saturated rings. The Hall–Kier alpha value is -1.16. The normalized spacial score (nSPS) is 17.8. The third-order valence-electron chi connectivity index (χ3n) is 4.61. The Kier molecular flexibility index (Phi) is 4.97. The SMILES string of the molecule is CCCn1nccc1C(=O)C1(N(CC)CC)CCCC1. The van der Waals surface area contributed by atoms with Crippen molar-refractivity contribution in [1.29, 1.82) is 0 Å². The number of hydrogen-bond donors (Lipinski definition) is 0. The standard InChI is InChI=1S/C16H27N3O/c1-4-13-19-14(9-12-17-19)15(20)16(10-7-8-11-16)18(5-2)6-3/h9,12H,4-8,10-11,13H2,1-3H3. The van der Waals surface area contributed by atoms with Crippen LogP contribution in [0.15, 0.2) is 12.3 Å². The molecule has 0 amide bonds. The summed E-state index contributed by atoms with van der Waals surface area (Å²) in [5.41, 5.74) is 0.510. The topological polar surface area (TPSA) is 38.1 Å². The molecule has 1 aliphatic rings. The summed E-state index contributed by atoms with van der Waals surface area (Å²) in [5, 5.41) is 4.32. The van der Waals surface area contributed by atoms with Gasteiger partial charge < -0.3 is 0 Å². The summed E-state index contributed by atoms with van der Waals surface area (Å²) in [6.07, 6.45) is 7.05. The first kappa shape index (κ1) is 15.2. The molecule has 20 heavy (non-hydrogen) atoms. The predicted molar refractivity (Wildman–Crippen MR) is 81.0 cm³/mol. The molecule has 1 aliphatic carbocycles. The van der Waals surface area contributed by atoms with Gasteiger partial charge in [0, 0.05) is 12.7 Å². The Balaban J connectivity index is 2.34. The summed E-state index contributed by atoms with van der Waals surface area (Å²) >= 11 is 0. The average Bonchev–Trinajstić information content (AvgIpc) is 3.10. The van der Waals surface area contributed by atoms with E-state index in [1.165, 1.54) is 0 Å². The molecule has 0 saturated heterocycles. The zero-order valence-corrected chi connectivity index (χ0v) is 13.1. The highest BCUT2D eigenvalue weighted by Crippen LogP contribution is 2.38. The largest absolute Gasteiger partial charge is 0.291 e. The lowest BCUT2D eigenvalue weighted by Crippen LogP contribution is -2.53. The van der Waals surface area contributed by atoms with Crippen molar-refractivity contribution < 1.29 is 4.79 Å².